The van der Waals surface area contributed by atoms with Gasteiger partial charge in [0.15, 0.2) is 0 Å². The predicted octanol–water partition coefficient (Wildman–Crippen LogP) is -0.0116. The van der Waals surface area contributed by atoms with Crippen LogP contribution in [0.3, 0.4) is 0 Å². The number of aromatic amines is 1. The van der Waals surface area contributed by atoms with Gasteiger partial charge in [-0.3, -0.25) is 9.59 Å². The van der Waals surface area contributed by atoms with Crippen molar-refractivity contribution in [3.63, 3.8) is 0 Å². The summed E-state index contributed by atoms with van der Waals surface area (Å²) in [5.41, 5.74) is -0.993. The number of nitrogens with one attached hydrogen (secondary N) is 1. The molecule has 1 saturated heterocycles. The van der Waals surface area contributed by atoms with Crippen LogP contribution in [-0.2, 0) is 4.74 Å². The quantitative estimate of drug-likeness (QED) is 0.806. The molecule has 1 aliphatic heterocycles. The van der Waals surface area contributed by atoms with E-state index < -0.39 is 5.60 Å². The fourth-order valence-corrected chi connectivity index (χ4v) is 2.20. The molecule has 6 heteroatoms. The number of pyridine rings is 1. The van der Waals surface area contributed by atoms with E-state index in [9.17, 15) is 14.7 Å². The lowest BCUT2D eigenvalue weighted by Gasteiger charge is -2.35. The minimum absolute atomic E-state index is 0.227. The molecule has 0 aliphatic carbocycles. The summed E-state index contributed by atoms with van der Waals surface area (Å²) >= 11 is 0. The van der Waals surface area contributed by atoms with Gasteiger partial charge < -0.3 is 19.7 Å². The Kier molecular flexibility index (Phi) is 4.01. The molecule has 0 bridgehead atoms. The second-order valence-corrected chi connectivity index (χ2v) is 4.93. The van der Waals surface area contributed by atoms with E-state index in [-0.39, 0.29) is 23.7 Å². The van der Waals surface area contributed by atoms with Gasteiger partial charge >= 0.3 is 0 Å². The van der Waals surface area contributed by atoms with Crippen LogP contribution in [0.15, 0.2) is 23.0 Å². The van der Waals surface area contributed by atoms with Crippen LogP contribution in [0.4, 0.5) is 0 Å². The van der Waals surface area contributed by atoms with Crippen molar-refractivity contribution < 1.29 is 14.6 Å². The van der Waals surface area contributed by atoms with Gasteiger partial charge in [-0.05, 0) is 6.07 Å². The average molecular weight is 266 g/mol. The maximum Gasteiger partial charge on any atom is 0.270 e. The monoisotopic (exact) mass is 266 g/mol. The average Bonchev–Trinajstić information content (AvgIpc) is 2.38. The molecular formula is C13H18N2O4. The van der Waals surface area contributed by atoms with Gasteiger partial charge in [-0.2, -0.15) is 0 Å². The number of amides is 1. The molecule has 0 radical (unpaired) electrons. The molecule has 2 rings (SSSR count). The summed E-state index contributed by atoms with van der Waals surface area (Å²) in [5, 5.41) is 10.3. The Balaban J connectivity index is 2.05. The van der Waals surface area contributed by atoms with E-state index in [0.29, 0.717) is 26.1 Å². The molecule has 2 heterocycles. The van der Waals surface area contributed by atoms with Crippen LogP contribution in [0.1, 0.15) is 23.3 Å². The zero-order valence-electron chi connectivity index (χ0n) is 10.9. The Morgan fingerprint density at radius 1 is 1.47 bits per heavy atom. The van der Waals surface area contributed by atoms with Gasteiger partial charge in [-0.15, -0.1) is 0 Å². The lowest BCUT2D eigenvalue weighted by atomic mass is 9.94. The summed E-state index contributed by atoms with van der Waals surface area (Å²) in [6.45, 7) is 1.23. The van der Waals surface area contributed by atoms with Crippen LogP contribution in [0.25, 0.3) is 0 Å². The maximum absolute atomic E-state index is 12.1. The highest BCUT2D eigenvalue weighted by molar-refractivity contribution is 5.92. The number of ether oxygens (including phenoxy) is 1. The predicted molar refractivity (Wildman–Crippen MR) is 69.0 cm³/mol. The van der Waals surface area contributed by atoms with E-state index in [1.165, 1.54) is 17.0 Å². The van der Waals surface area contributed by atoms with Crippen molar-refractivity contribution >= 4 is 5.91 Å². The van der Waals surface area contributed by atoms with Crippen molar-refractivity contribution in [2.75, 3.05) is 26.8 Å². The first-order valence-electron chi connectivity index (χ1n) is 6.25. The standard InChI is InChI=1S/C13H18N2O4/c1-15(9-13(18)5-7-19-8-6-13)12(17)10-3-2-4-11(16)14-10/h2-4,18H,5-9H2,1H3,(H,14,16). The van der Waals surface area contributed by atoms with Gasteiger partial charge in [0.2, 0.25) is 5.56 Å². The third kappa shape index (κ3) is 3.42. The van der Waals surface area contributed by atoms with Gasteiger partial charge in [0.05, 0.1) is 5.60 Å². The van der Waals surface area contributed by atoms with Gasteiger partial charge in [-0.1, -0.05) is 6.07 Å². The van der Waals surface area contributed by atoms with Gasteiger partial charge in [0, 0.05) is 45.7 Å². The molecule has 0 unspecified atom stereocenters. The van der Waals surface area contributed by atoms with E-state index in [4.69, 9.17) is 4.74 Å². The van der Waals surface area contributed by atoms with E-state index in [0.717, 1.165) is 0 Å². The number of H-pyrrole nitrogens is 1. The van der Waals surface area contributed by atoms with Crippen LogP contribution in [0.2, 0.25) is 0 Å². The van der Waals surface area contributed by atoms with Crippen molar-refractivity contribution in [2.45, 2.75) is 18.4 Å². The minimum Gasteiger partial charge on any atom is -0.388 e. The van der Waals surface area contributed by atoms with Crippen molar-refractivity contribution in [1.82, 2.24) is 9.88 Å². The minimum atomic E-state index is -0.905. The molecule has 2 N–H and O–H groups in total. The van der Waals surface area contributed by atoms with Crippen LogP contribution in [-0.4, -0.2) is 53.3 Å². The number of aliphatic hydroxyl groups is 1. The molecule has 1 fully saturated rings. The van der Waals surface area contributed by atoms with Crippen molar-refractivity contribution in [2.24, 2.45) is 0 Å². The molecule has 6 nitrogen and oxygen atoms in total. The maximum atomic E-state index is 12.1. The summed E-state index contributed by atoms with van der Waals surface area (Å²) in [5.74, 6) is -0.308. The number of carbonyl (C=O) groups excluding carboxylic acids is 1. The Labute approximate surface area is 111 Å². The molecule has 0 saturated carbocycles. The summed E-state index contributed by atoms with van der Waals surface area (Å²) in [7, 11) is 1.61. The number of hydrogen-bond donors (Lipinski definition) is 2. The first-order chi connectivity index (χ1) is 9.00. The van der Waals surface area contributed by atoms with E-state index in [1.54, 1.807) is 13.1 Å². The molecule has 1 aromatic rings. The second kappa shape index (κ2) is 5.54. The first-order valence-corrected chi connectivity index (χ1v) is 6.25. The number of nitrogens with zero attached hydrogens (tertiary/aromatic N) is 1. The first kappa shape index (κ1) is 13.8. The van der Waals surface area contributed by atoms with Crippen molar-refractivity contribution in [3.05, 3.63) is 34.2 Å². The molecule has 1 aliphatic rings. The van der Waals surface area contributed by atoms with Crippen LogP contribution in [0.5, 0.6) is 0 Å². The highest BCUT2D eigenvalue weighted by atomic mass is 16.5. The van der Waals surface area contributed by atoms with Crippen molar-refractivity contribution in [1.29, 1.82) is 0 Å². The molecule has 0 spiro atoms. The smallest absolute Gasteiger partial charge is 0.270 e. The molecule has 0 atom stereocenters. The fourth-order valence-electron chi connectivity index (χ4n) is 2.20. The molecule has 0 aromatic carbocycles. The van der Waals surface area contributed by atoms with Gasteiger partial charge in [0.1, 0.15) is 5.69 Å². The van der Waals surface area contributed by atoms with Crippen LogP contribution in [0, 0.1) is 0 Å². The normalized spacial score (nSPS) is 18.0. The third-order valence-electron chi connectivity index (χ3n) is 3.30. The Hall–Kier alpha value is -1.66. The van der Waals surface area contributed by atoms with Crippen LogP contribution >= 0.6 is 0 Å². The molecule has 1 amide bonds. The Bertz CT molecular complexity index is 505. The Morgan fingerprint density at radius 2 is 2.16 bits per heavy atom. The largest absolute Gasteiger partial charge is 0.388 e. The zero-order valence-corrected chi connectivity index (χ0v) is 10.9. The summed E-state index contributed by atoms with van der Waals surface area (Å²) < 4.78 is 5.20. The number of likely N-dealkylation sites (N-methyl/N-ethyl adjacent to an activating group) is 1. The highest BCUT2D eigenvalue weighted by Gasteiger charge is 2.32. The molecule has 1 aromatic heterocycles. The zero-order chi connectivity index (χ0) is 13.9. The lowest BCUT2D eigenvalue weighted by molar-refractivity contribution is -0.0734. The fraction of sp³-hybridized carbons (Fsp3) is 0.538. The number of rotatable bonds is 3. The Morgan fingerprint density at radius 3 is 2.79 bits per heavy atom. The number of aromatic nitrogens is 1. The van der Waals surface area contributed by atoms with E-state index in [1.807, 2.05) is 0 Å². The molecule has 19 heavy (non-hydrogen) atoms. The second-order valence-electron chi connectivity index (χ2n) is 4.93. The summed E-state index contributed by atoms with van der Waals surface area (Å²) in [4.78, 5) is 27.2. The number of carbonyl (C=O) groups is 1. The van der Waals surface area contributed by atoms with E-state index in [2.05, 4.69) is 4.98 Å². The molecular weight excluding hydrogens is 248 g/mol. The highest BCUT2D eigenvalue weighted by Crippen LogP contribution is 2.21. The van der Waals surface area contributed by atoms with Crippen LogP contribution < -0.4 is 5.56 Å². The summed E-state index contributed by atoms with van der Waals surface area (Å²) in [6.07, 6.45) is 1.02. The summed E-state index contributed by atoms with van der Waals surface area (Å²) in [6, 6.07) is 4.43. The number of hydrogen-bond acceptors (Lipinski definition) is 4. The topological polar surface area (TPSA) is 82.6 Å². The third-order valence-corrected chi connectivity index (χ3v) is 3.30. The SMILES string of the molecule is CN(CC1(O)CCOCC1)C(=O)c1cccc(=O)[nH]1. The molecule has 104 valence electrons. The lowest BCUT2D eigenvalue weighted by Crippen LogP contribution is -2.47. The van der Waals surface area contributed by atoms with E-state index >= 15 is 0 Å². The van der Waals surface area contributed by atoms with Crippen molar-refractivity contribution in [3.8, 4) is 0 Å². The van der Waals surface area contributed by atoms with Gasteiger partial charge in [0.25, 0.3) is 5.91 Å². The van der Waals surface area contributed by atoms with Gasteiger partial charge in [-0.25, -0.2) is 0 Å².